The van der Waals surface area contributed by atoms with Crippen LogP contribution in [0.3, 0.4) is 0 Å². The van der Waals surface area contributed by atoms with Crippen molar-refractivity contribution >= 4 is 0 Å². The highest BCUT2D eigenvalue weighted by Crippen LogP contribution is 1.85. The second-order valence-corrected chi connectivity index (χ2v) is 1.64. The summed E-state index contributed by atoms with van der Waals surface area (Å²) in [6.45, 7) is 6.31. The molecule has 1 rings (SSSR count). The van der Waals surface area contributed by atoms with E-state index < -0.39 is 0 Å². The Bertz CT molecular complexity index is 25.9. The molecule has 0 N–H and O–H groups in total. The highest BCUT2D eigenvalue weighted by Gasteiger charge is 1.93. The maximum atomic E-state index is 4.72. The lowest BCUT2D eigenvalue weighted by Crippen LogP contribution is -1.79. The van der Waals surface area contributed by atoms with E-state index >= 15 is 0 Å². The molecule has 0 aliphatic carbocycles. The van der Waals surface area contributed by atoms with Crippen LogP contribution in [0.4, 0.5) is 0 Å². The van der Waals surface area contributed by atoms with Crippen molar-refractivity contribution in [2.24, 2.45) is 0 Å². The first kappa shape index (κ1) is 7.92. The van der Waals surface area contributed by atoms with Crippen molar-refractivity contribution in [2.75, 3.05) is 20.0 Å². The molecule has 0 aromatic heterocycles. The van der Waals surface area contributed by atoms with Crippen molar-refractivity contribution in [2.45, 2.75) is 20.3 Å². The Morgan fingerprint density at radius 1 is 1.12 bits per heavy atom. The van der Waals surface area contributed by atoms with Crippen LogP contribution in [-0.2, 0) is 9.47 Å². The maximum absolute atomic E-state index is 4.72. The fourth-order valence-electron chi connectivity index (χ4n) is 0.295. The van der Waals surface area contributed by atoms with Gasteiger partial charge in [-0.15, -0.1) is 0 Å². The van der Waals surface area contributed by atoms with Gasteiger partial charge < -0.3 is 9.47 Å². The minimum atomic E-state index is 0.500. The van der Waals surface area contributed by atoms with Crippen molar-refractivity contribution in [3.63, 3.8) is 0 Å². The fraction of sp³-hybridized carbons (Fsp3) is 1.00. The van der Waals surface area contributed by atoms with Gasteiger partial charge in [0, 0.05) is 0 Å². The lowest BCUT2D eigenvalue weighted by atomic mass is 10.6. The monoisotopic (exact) mass is 118 g/mol. The SMILES string of the molecule is C1COCO1.CCC. The van der Waals surface area contributed by atoms with Crippen LogP contribution in [0, 0.1) is 0 Å². The summed E-state index contributed by atoms with van der Waals surface area (Å²) < 4.78 is 9.44. The van der Waals surface area contributed by atoms with Gasteiger partial charge in [-0.3, -0.25) is 0 Å². The quantitative estimate of drug-likeness (QED) is 0.478. The minimum absolute atomic E-state index is 0.500. The summed E-state index contributed by atoms with van der Waals surface area (Å²) in [6, 6.07) is 0. The van der Waals surface area contributed by atoms with Crippen LogP contribution in [0.15, 0.2) is 0 Å². The highest BCUT2D eigenvalue weighted by atomic mass is 16.7. The van der Waals surface area contributed by atoms with Crippen LogP contribution in [0.5, 0.6) is 0 Å². The Kier molecular flexibility index (Phi) is 6.85. The lowest BCUT2D eigenvalue weighted by Gasteiger charge is -1.76. The first-order valence-electron chi connectivity index (χ1n) is 3.07. The van der Waals surface area contributed by atoms with Gasteiger partial charge in [-0.1, -0.05) is 20.3 Å². The van der Waals surface area contributed by atoms with E-state index in [2.05, 4.69) is 13.8 Å². The van der Waals surface area contributed by atoms with Crippen molar-refractivity contribution in [3.05, 3.63) is 0 Å². The van der Waals surface area contributed by atoms with Gasteiger partial charge in [0.25, 0.3) is 0 Å². The Morgan fingerprint density at radius 3 is 1.62 bits per heavy atom. The molecule has 1 aliphatic rings. The van der Waals surface area contributed by atoms with Gasteiger partial charge in [-0.25, -0.2) is 0 Å². The molecule has 0 aromatic carbocycles. The molecule has 8 heavy (non-hydrogen) atoms. The molecule has 2 heteroatoms. The Morgan fingerprint density at radius 2 is 1.50 bits per heavy atom. The van der Waals surface area contributed by atoms with E-state index in [-0.39, 0.29) is 0 Å². The van der Waals surface area contributed by atoms with Gasteiger partial charge in [-0.05, 0) is 0 Å². The van der Waals surface area contributed by atoms with Gasteiger partial charge in [0.15, 0.2) is 0 Å². The van der Waals surface area contributed by atoms with Gasteiger partial charge in [0.05, 0.1) is 13.2 Å². The van der Waals surface area contributed by atoms with Crippen molar-refractivity contribution in [3.8, 4) is 0 Å². The number of rotatable bonds is 0. The molecule has 2 nitrogen and oxygen atoms in total. The molecule has 0 amide bonds. The fourth-order valence-corrected chi connectivity index (χ4v) is 0.295. The molecule has 1 aliphatic heterocycles. The average Bonchev–Trinajstić information content (AvgIpc) is 2.17. The van der Waals surface area contributed by atoms with E-state index in [0.717, 1.165) is 13.2 Å². The summed E-state index contributed by atoms with van der Waals surface area (Å²) in [5.74, 6) is 0. The van der Waals surface area contributed by atoms with E-state index in [4.69, 9.17) is 9.47 Å². The second kappa shape index (κ2) is 6.92. The minimum Gasteiger partial charge on any atom is -0.353 e. The molecule has 0 atom stereocenters. The van der Waals surface area contributed by atoms with Gasteiger partial charge in [-0.2, -0.15) is 0 Å². The topological polar surface area (TPSA) is 18.5 Å². The molecule has 1 saturated heterocycles. The first-order valence-corrected chi connectivity index (χ1v) is 3.07. The van der Waals surface area contributed by atoms with E-state index in [9.17, 15) is 0 Å². The number of hydrogen-bond acceptors (Lipinski definition) is 2. The Balaban J connectivity index is 0.000000145. The molecule has 50 valence electrons. The lowest BCUT2D eigenvalue weighted by molar-refractivity contribution is 0.0692. The third kappa shape index (κ3) is 5.92. The smallest absolute Gasteiger partial charge is 0.146 e. The van der Waals surface area contributed by atoms with Gasteiger partial charge in [0.1, 0.15) is 6.79 Å². The van der Waals surface area contributed by atoms with Crippen molar-refractivity contribution < 1.29 is 9.47 Å². The molecule has 1 heterocycles. The summed E-state index contributed by atoms with van der Waals surface area (Å²) >= 11 is 0. The van der Waals surface area contributed by atoms with Crippen LogP contribution < -0.4 is 0 Å². The molecule has 0 saturated carbocycles. The predicted molar refractivity (Wildman–Crippen MR) is 32.7 cm³/mol. The summed E-state index contributed by atoms with van der Waals surface area (Å²) in [5.41, 5.74) is 0. The van der Waals surface area contributed by atoms with Crippen molar-refractivity contribution in [1.29, 1.82) is 0 Å². The van der Waals surface area contributed by atoms with E-state index in [1.54, 1.807) is 0 Å². The van der Waals surface area contributed by atoms with E-state index in [1.165, 1.54) is 6.42 Å². The zero-order valence-corrected chi connectivity index (χ0v) is 5.64. The van der Waals surface area contributed by atoms with Crippen LogP contribution in [0.2, 0.25) is 0 Å². The zero-order valence-electron chi connectivity index (χ0n) is 5.64. The molecule has 0 unspecified atom stereocenters. The third-order valence-electron chi connectivity index (χ3n) is 0.539. The molecule has 0 bridgehead atoms. The van der Waals surface area contributed by atoms with Crippen LogP contribution >= 0.6 is 0 Å². The largest absolute Gasteiger partial charge is 0.353 e. The molecule has 1 fully saturated rings. The summed E-state index contributed by atoms with van der Waals surface area (Å²) in [5, 5.41) is 0. The first-order chi connectivity index (χ1) is 3.91. The third-order valence-corrected chi connectivity index (χ3v) is 0.539. The van der Waals surface area contributed by atoms with Crippen LogP contribution in [0.1, 0.15) is 20.3 Å². The molecule has 0 radical (unpaired) electrons. The zero-order chi connectivity index (χ0) is 6.24. The maximum Gasteiger partial charge on any atom is 0.146 e. The van der Waals surface area contributed by atoms with E-state index in [0.29, 0.717) is 6.79 Å². The standard InChI is InChI=1S/C3H6O2.C3H8/c1-2-5-3-4-1;1-3-2/h1-3H2;3H2,1-2H3. The number of hydrogen-bond donors (Lipinski definition) is 0. The predicted octanol–water partition coefficient (Wildman–Crippen LogP) is 1.41. The Hall–Kier alpha value is -0.0800. The molecular weight excluding hydrogens is 104 g/mol. The van der Waals surface area contributed by atoms with Gasteiger partial charge in [0.2, 0.25) is 0 Å². The van der Waals surface area contributed by atoms with Crippen LogP contribution in [0.25, 0.3) is 0 Å². The Labute approximate surface area is 50.8 Å². The van der Waals surface area contributed by atoms with Gasteiger partial charge >= 0.3 is 0 Å². The second-order valence-electron chi connectivity index (χ2n) is 1.64. The normalized spacial score (nSPS) is 17.2. The molecular formula is C6H14O2. The summed E-state index contributed by atoms with van der Waals surface area (Å²) in [6.07, 6.45) is 1.25. The van der Waals surface area contributed by atoms with E-state index in [1.807, 2.05) is 0 Å². The summed E-state index contributed by atoms with van der Waals surface area (Å²) in [4.78, 5) is 0. The summed E-state index contributed by atoms with van der Waals surface area (Å²) in [7, 11) is 0. The average molecular weight is 118 g/mol. The highest BCUT2D eigenvalue weighted by molar-refractivity contribution is 4.28. The molecule has 0 aromatic rings. The van der Waals surface area contributed by atoms with Crippen molar-refractivity contribution in [1.82, 2.24) is 0 Å². The molecule has 0 spiro atoms. The van der Waals surface area contributed by atoms with Crippen LogP contribution in [-0.4, -0.2) is 20.0 Å². The number of ether oxygens (including phenoxy) is 2.